The van der Waals surface area contributed by atoms with Crippen LogP contribution in [0.25, 0.3) is 11.2 Å². The SMILES string of the molecule is CC1(C)OC2[C@H](n3cnc4c(NC5CCCC5)ncnc43)O[CH][C@H]2O1. The molecular formula is C17H22N5O3. The van der Waals surface area contributed by atoms with E-state index in [1.54, 1.807) is 19.3 Å². The molecule has 0 aromatic carbocycles. The van der Waals surface area contributed by atoms with Crippen molar-refractivity contribution in [3.63, 3.8) is 0 Å². The maximum atomic E-state index is 6.01. The van der Waals surface area contributed by atoms with Crippen LogP contribution in [0.1, 0.15) is 45.8 Å². The first kappa shape index (κ1) is 15.5. The molecule has 0 spiro atoms. The van der Waals surface area contributed by atoms with Crippen LogP contribution in [0.3, 0.4) is 0 Å². The molecule has 0 amide bonds. The minimum Gasteiger partial charge on any atom is -0.365 e. The lowest BCUT2D eigenvalue weighted by Crippen LogP contribution is -2.27. The Kier molecular flexibility index (Phi) is 3.48. The molecule has 8 heteroatoms. The molecule has 1 unspecified atom stereocenters. The van der Waals surface area contributed by atoms with Gasteiger partial charge in [0.25, 0.3) is 0 Å². The van der Waals surface area contributed by atoms with E-state index < -0.39 is 5.79 Å². The first-order valence-electron chi connectivity index (χ1n) is 8.89. The van der Waals surface area contributed by atoms with E-state index in [4.69, 9.17) is 14.2 Å². The summed E-state index contributed by atoms with van der Waals surface area (Å²) in [5.74, 6) is 0.173. The smallest absolute Gasteiger partial charge is 0.167 e. The maximum absolute atomic E-state index is 6.01. The Labute approximate surface area is 145 Å². The fourth-order valence-electron chi connectivity index (χ4n) is 4.01. The standard InChI is InChI=1S/C17H22N5O3/c1-17(2)24-11-7-23-16(13(11)25-17)22-9-20-12-14(18-8-19-15(12)22)21-10-5-3-4-6-10/h7-11,13,16H,3-6H2,1-2H3,(H,18,19,21)/t11-,13?,16-/m1/s1. The summed E-state index contributed by atoms with van der Waals surface area (Å²) in [5.41, 5.74) is 1.50. The van der Waals surface area contributed by atoms with Gasteiger partial charge in [-0.2, -0.15) is 0 Å². The Morgan fingerprint density at radius 3 is 2.84 bits per heavy atom. The van der Waals surface area contributed by atoms with Crippen LogP contribution >= 0.6 is 0 Å². The normalized spacial score (nSPS) is 31.7. The molecule has 3 atom stereocenters. The number of imidazole rings is 1. The van der Waals surface area contributed by atoms with Crippen LogP contribution in [-0.2, 0) is 14.2 Å². The fraction of sp³-hybridized carbons (Fsp3) is 0.647. The fourth-order valence-corrected chi connectivity index (χ4v) is 4.01. The summed E-state index contributed by atoms with van der Waals surface area (Å²) in [6.45, 7) is 5.52. The van der Waals surface area contributed by atoms with Gasteiger partial charge in [0.05, 0.1) is 6.33 Å². The highest BCUT2D eigenvalue weighted by Crippen LogP contribution is 2.42. The molecule has 1 radical (unpaired) electrons. The molecule has 8 nitrogen and oxygen atoms in total. The quantitative estimate of drug-likeness (QED) is 0.915. The van der Waals surface area contributed by atoms with Crippen molar-refractivity contribution in [3.05, 3.63) is 19.3 Å². The minimum atomic E-state index is -0.617. The van der Waals surface area contributed by atoms with E-state index in [0.29, 0.717) is 6.04 Å². The van der Waals surface area contributed by atoms with Crippen molar-refractivity contribution in [1.29, 1.82) is 0 Å². The lowest BCUT2D eigenvalue weighted by molar-refractivity contribution is -0.175. The van der Waals surface area contributed by atoms with Gasteiger partial charge in [0.2, 0.25) is 0 Å². The van der Waals surface area contributed by atoms with Crippen molar-refractivity contribution in [3.8, 4) is 0 Å². The largest absolute Gasteiger partial charge is 0.365 e. The Bertz CT molecular complexity index is 786. The van der Waals surface area contributed by atoms with Gasteiger partial charge in [-0.05, 0) is 26.7 Å². The molecule has 2 aliphatic heterocycles. The number of ether oxygens (including phenoxy) is 3. The lowest BCUT2D eigenvalue weighted by atomic mass is 10.2. The van der Waals surface area contributed by atoms with E-state index in [2.05, 4.69) is 20.3 Å². The van der Waals surface area contributed by atoms with Gasteiger partial charge >= 0.3 is 0 Å². The summed E-state index contributed by atoms with van der Waals surface area (Å²) < 4.78 is 19.6. The number of rotatable bonds is 3. The van der Waals surface area contributed by atoms with Gasteiger partial charge in [-0.3, -0.25) is 4.57 Å². The van der Waals surface area contributed by atoms with Crippen LogP contribution in [0.2, 0.25) is 0 Å². The van der Waals surface area contributed by atoms with Gasteiger partial charge in [0.1, 0.15) is 25.1 Å². The summed E-state index contributed by atoms with van der Waals surface area (Å²) >= 11 is 0. The molecule has 1 aliphatic carbocycles. The second-order valence-electron chi connectivity index (χ2n) is 7.40. The van der Waals surface area contributed by atoms with E-state index >= 15 is 0 Å². The van der Waals surface area contributed by atoms with Crippen LogP contribution in [0.4, 0.5) is 5.82 Å². The number of hydrogen-bond donors (Lipinski definition) is 1. The molecule has 0 bridgehead atoms. The summed E-state index contributed by atoms with van der Waals surface area (Å²) in [7, 11) is 0. The molecule has 2 aromatic rings. The first-order chi connectivity index (χ1) is 12.1. The predicted molar refractivity (Wildman–Crippen MR) is 89.4 cm³/mol. The van der Waals surface area contributed by atoms with E-state index in [1.807, 2.05) is 18.4 Å². The van der Waals surface area contributed by atoms with Crippen molar-refractivity contribution in [2.45, 2.75) is 69.8 Å². The Morgan fingerprint density at radius 2 is 2.00 bits per heavy atom. The molecule has 4 heterocycles. The molecule has 2 saturated heterocycles. The summed E-state index contributed by atoms with van der Waals surface area (Å²) in [6, 6.07) is 0.469. The number of nitrogens with one attached hydrogen (secondary N) is 1. The Balaban J connectivity index is 1.46. The topological polar surface area (TPSA) is 83.3 Å². The lowest BCUT2D eigenvalue weighted by Gasteiger charge is -2.22. The van der Waals surface area contributed by atoms with Crippen LogP contribution in [0, 0.1) is 6.61 Å². The number of nitrogens with zero attached hydrogens (tertiary/aromatic N) is 4. The van der Waals surface area contributed by atoms with Gasteiger partial charge in [-0.25, -0.2) is 15.0 Å². The summed E-state index contributed by atoms with van der Waals surface area (Å²) in [5, 5.41) is 3.52. The summed E-state index contributed by atoms with van der Waals surface area (Å²) in [4.78, 5) is 13.4. The number of hydrogen-bond acceptors (Lipinski definition) is 7. The average Bonchev–Trinajstić information content (AvgIpc) is 3.31. The highest BCUT2D eigenvalue weighted by atomic mass is 16.8. The second kappa shape index (κ2) is 5.62. The van der Waals surface area contributed by atoms with Crippen molar-refractivity contribution in [1.82, 2.24) is 19.5 Å². The monoisotopic (exact) mass is 344 g/mol. The minimum absolute atomic E-state index is 0.185. The van der Waals surface area contributed by atoms with Crippen LogP contribution < -0.4 is 5.32 Å². The third-order valence-electron chi connectivity index (χ3n) is 5.13. The van der Waals surface area contributed by atoms with Crippen molar-refractivity contribution < 1.29 is 14.2 Å². The zero-order chi connectivity index (χ0) is 17.0. The summed E-state index contributed by atoms with van der Waals surface area (Å²) in [6.07, 6.45) is 7.46. The first-order valence-corrected chi connectivity index (χ1v) is 8.89. The van der Waals surface area contributed by atoms with E-state index in [-0.39, 0.29) is 18.4 Å². The third kappa shape index (κ3) is 2.59. The van der Waals surface area contributed by atoms with Gasteiger partial charge in [-0.1, -0.05) is 12.8 Å². The van der Waals surface area contributed by atoms with Gasteiger partial charge in [0.15, 0.2) is 29.0 Å². The molecule has 3 fully saturated rings. The molecular weight excluding hydrogens is 322 g/mol. The molecule has 25 heavy (non-hydrogen) atoms. The van der Waals surface area contributed by atoms with E-state index in [1.165, 1.54) is 25.7 Å². The van der Waals surface area contributed by atoms with E-state index in [0.717, 1.165) is 17.0 Å². The number of anilines is 1. The molecule has 1 saturated carbocycles. The second-order valence-corrected chi connectivity index (χ2v) is 7.40. The van der Waals surface area contributed by atoms with Gasteiger partial charge in [-0.15, -0.1) is 0 Å². The molecule has 3 aliphatic rings. The van der Waals surface area contributed by atoms with Gasteiger partial charge < -0.3 is 19.5 Å². The van der Waals surface area contributed by atoms with Crippen LogP contribution in [0.15, 0.2) is 12.7 Å². The Morgan fingerprint density at radius 1 is 1.16 bits per heavy atom. The molecule has 133 valence electrons. The predicted octanol–water partition coefficient (Wildman–Crippen LogP) is 2.39. The van der Waals surface area contributed by atoms with E-state index in [9.17, 15) is 0 Å². The van der Waals surface area contributed by atoms with Crippen LogP contribution in [0.5, 0.6) is 0 Å². The maximum Gasteiger partial charge on any atom is 0.167 e. The van der Waals surface area contributed by atoms with Crippen molar-refractivity contribution >= 4 is 17.0 Å². The average molecular weight is 344 g/mol. The Hall–Kier alpha value is -1.77. The molecule has 5 rings (SSSR count). The van der Waals surface area contributed by atoms with Crippen LogP contribution in [-0.4, -0.2) is 43.6 Å². The van der Waals surface area contributed by atoms with Gasteiger partial charge in [0, 0.05) is 6.04 Å². The zero-order valence-electron chi connectivity index (χ0n) is 14.4. The number of aromatic nitrogens is 4. The molecule has 2 aromatic heterocycles. The van der Waals surface area contributed by atoms with Crippen molar-refractivity contribution in [2.75, 3.05) is 5.32 Å². The third-order valence-corrected chi connectivity index (χ3v) is 5.13. The zero-order valence-corrected chi connectivity index (χ0v) is 14.4. The highest BCUT2D eigenvalue weighted by Gasteiger charge is 2.51. The molecule has 1 N–H and O–H groups in total. The highest BCUT2D eigenvalue weighted by molar-refractivity contribution is 5.82. The number of fused-ring (bicyclic) bond motifs is 2. The van der Waals surface area contributed by atoms with Crippen molar-refractivity contribution in [2.24, 2.45) is 0 Å².